The van der Waals surface area contributed by atoms with Crippen LogP contribution < -0.4 is 5.32 Å². The molecule has 0 spiro atoms. The minimum absolute atomic E-state index is 0.856. The van der Waals surface area contributed by atoms with E-state index in [0.717, 1.165) is 17.6 Å². The van der Waals surface area contributed by atoms with Gasteiger partial charge in [0.1, 0.15) is 0 Å². The summed E-state index contributed by atoms with van der Waals surface area (Å²) < 4.78 is 3.05. The molecule has 1 heterocycles. The van der Waals surface area contributed by atoms with Crippen molar-refractivity contribution in [1.82, 2.24) is 15.1 Å². The quantitative estimate of drug-likeness (QED) is 0.830. The highest BCUT2D eigenvalue weighted by molar-refractivity contribution is 9.10. The fraction of sp³-hybridized carbons (Fsp3) is 0.571. The smallest absolute Gasteiger partial charge is 0.0663 e. The van der Waals surface area contributed by atoms with Gasteiger partial charge >= 0.3 is 0 Å². The summed E-state index contributed by atoms with van der Waals surface area (Å²) in [6.07, 6.45) is 1.83. The zero-order valence-electron chi connectivity index (χ0n) is 6.76. The second kappa shape index (κ2) is 3.88. The van der Waals surface area contributed by atoms with E-state index in [1.807, 2.05) is 17.9 Å². The Kier molecular flexibility index (Phi) is 3.08. The predicted molar refractivity (Wildman–Crippen MR) is 48.4 cm³/mol. The van der Waals surface area contributed by atoms with Crippen molar-refractivity contribution in [2.24, 2.45) is 0 Å². The first kappa shape index (κ1) is 8.74. The fourth-order valence-electron chi connectivity index (χ4n) is 1.00. The topological polar surface area (TPSA) is 29.9 Å². The molecular formula is C7H12BrN3. The SMILES string of the molecule is CCn1ncc(Br)c1CNC. The largest absolute Gasteiger partial charge is 0.314 e. The molecule has 11 heavy (non-hydrogen) atoms. The molecular weight excluding hydrogens is 206 g/mol. The molecule has 0 amide bonds. The Balaban J connectivity index is 2.88. The van der Waals surface area contributed by atoms with Crippen LogP contribution in [0.25, 0.3) is 0 Å². The van der Waals surface area contributed by atoms with Crippen molar-refractivity contribution in [2.45, 2.75) is 20.0 Å². The normalized spacial score (nSPS) is 10.5. The number of aryl methyl sites for hydroxylation is 1. The standard InChI is InChI=1S/C7H12BrN3/c1-3-11-7(5-9-2)6(8)4-10-11/h4,9H,3,5H2,1-2H3. The third-order valence-corrected chi connectivity index (χ3v) is 2.20. The van der Waals surface area contributed by atoms with Gasteiger partial charge in [-0.3, -0.25) is 4.68 Å². The molecule has 62 valence electrons. The first-order valence-corrected chi connectivity index (χ1v) is 4.43. The van der Waals surface area contributed by atoms with Gasteiger partial charge in [-0.2, -0.15) is 5.10 Å². The number of hydrogen-bond acceptors (Lipinski definition) is 2. The van der Waals surface area contributed by atoms with Crippen molar-refractivity contribution in [2.75, 3.05) is 7.05 Å². The number of hydrogen-bond donors (Lipinski definition) is 1. The Hall–Kier alpha value is -0.350. The molecule has 0 saturated carbocycles. The lowest BCUT2D eigenvalue weighted by Crippen LogP contribution is -2.11. The minimum atomic E-state index is 0.856. The third-order valence-electron chi connectivity index (χ3n) is 1.54. The lowest BCUT2D eigenvalue weighted by atomic mass is 10.4. The van der Waals surface area contributed by atoms with Crippen molar-refractivity contribution < 1.29 is 0 Å². The molecule has 1 rings (SSSR count). The summed E-state index contributed by atoms with van der Waals surface area (Å²) in [5, 5.41) is 7.28. The number of nitrogens with one attached hydrogen (secondary N) is 1. The van der Waals surface area contributed by atoms with Gasteiger partial charge in [-0.1, -0.05) is 0 Å². The van der Waals surface area contributed by atoms with E-state index in [1.54, 1.807) is 0 Å². The van der Waals surface area contributed by atoms with Crippen molar-refractivity contribution in [3.05, 3.63) is 16.4 Å². The van der Waals surface area contributed by atoms with Crippen LogP contribution in [-0.4, -0.2) is 16.8 Å². The van der Waals surface area contributed by atoms with Gasteiger partial charge in [0, 0.05) is 13.1 Å². The maximum absolute atomic E-state index is 4.18. The minimum Gasteiger partial charge on any atom is -0.314 e. The molecule has 1 aromatic heterocycles. The molecule has 0 radical (unpaired) electrons. The summed E-state index contributed by atoms with van der Waals surface area (Å²) in [6, 6.07) is 0. The van der Waals surface area contributed by atoms with Gasteiger partial charge in [0.25, 0.3) is 0 Å². The molecule has 0 aliphatic rings. The average molecular weight is 218 g/mol. The van der Waals surface area contributed by atoms with Crippen LogP contribution in [0.3, 0.4) is 0 Å². The van der Waals surface area contributed by atoms with Crippen LogP contribution in [0.2, 0.25) is 0 Å². The maximum atomic E-state index is 4.18. The van der Waals surface area contributed by atoms with Crippen LogP contribution >= 0.6 is 15.9 Å². The Labute approximate surface area is 74.9 Å². The number of rotatable bonds is 3. The van der Waals surface area contributed by atoms with Gasteiger partial charge in [0.2, 0.25) is 0 Å². The van der Waals surface area contributed by atoms with Gasteiger partial charge in [0.15, 0.2) is 0 Å². The summed E-state index contributed by atoms with van der Waals surface area (Å²) in [5.74, 6) is 0. The lowest BCUT2D eigenvalue weighted by Gasteiger charge is -2.03. The zero-order valence-corrected chi connectivity index (χ0v) is 8.35. The molecule has 0 fully saturated rings. The van der Waals surface area contributed by atoms with Crippen LogP contribution in [0.15, 0.2) is 10.7 Å². The monoisotopic (exact) mass is 217 g/mol. The van der Waals surface area contributed by atoms with E-state index in [1.165, 1.54) is 5.69 Å². The molecule has 0 bridgehead atoms. The van der Waals surface area contributed by atoms with Gasteiger partial charge in [-0.05, 0) is 29.9 Å². The van der Waals surface area contributed by atoms with E-state index in [0.29, 0.717) is 0 Å². The van der Waals surface area contributed by atoms with Crippen molar-refractivity contribution in [3.8, 4) is 0 Å². The molecule has 0 saturated heterocycles. The van der Waals surface area contributed by atoms with Crippen molar-refractivity contribution >= 4 is 15.9 Å². The number of nitrogens with zero attached hydrogens (tertiary/aromatic N) is 2. The highest BCUT2D eigenvalue weighted by atomic mass is 79.9. The second-order valence-corrected chi connectivity index (χ2v) is 3.14. The summed E-state index contributed by atoms with van der Waals surface area (Å²) >= 11 is 3.44. The van der Waals surface area contributed by atoms with E-state index in [4.69, 9.17) is 0 Å². The Morgan fingerprint density at radius 2 is 2.45 bits per heavy atom. The van der Waals surface area contributed by atoms with E-state index < -0.39 is 0 Å². The molecule has 3 nitrogen and oxygen atoms in total. The van der Waals surface area contributed by atoms with Crippen LogP contribution in [0.5, 0.6) is 0 Å². The first-order chi connectivity index (χ1) is 5.29. The van der Waals surface area contributed by atoms with E-state index >= 15 is 0 Å². The van der Waals surface area contributed by atoms with Crippen LogP contribution in [0, 0.1) is 0 Å². The van der Waals surface area contributed by atoms with Crippen LogP contribution in [-0.2, 0) is 13.1 Å². The molecule has 0 atom stereocenters. The van der Waals surface area contributed by atoms with E-state index in [-0.39, 0.29) is 0 Å². The highest BCUT2D eigenvalue weighted by Crippen LogP contribution is 2.15. The van der Waals surface area contributed by atoms with Gasteiger partial charge in [-0.15, -0.1) is 0 Å². The summed E-state index contributed by atoms with van der Waals surface area (Å²) in [4.78, 5) is 0. The summed E-state index contributed by atoms with van der Waals surface area (Å²) in [6.45, 7) is 3.86. The van der Waals surface area contributed by atoms with Gasteiger partial charge in [-0.25, -0.2) is 0 Å². The Bertz CT molecular complexity index is 232. The Morgan fingerprint density at radius 1 is 1.73 bits per heavy atom. The summed E-state index contributed by atoms with van der Waals surface area (Å²) in [7, 11) is 1.93. The molecule has 4 heteroatoms. The lowest BCUT2D eigenvalue weighted by molar-refractivity contribution is 0.602. The fourth-order valence-corrected chi connectivity index (χ4v) is 1.44. The first-order valence-electron chi connectivity index (χ1n) is 3.64. The van der Waals surface area contributed by atoms with E-state index in [9.17, 15) is 0 Å². The van der Waals surface area contributed by atoms with Crippen LogP contribution in [0.1, 0.15) is 12.6 Å². The highest BCUT2D eigenvalue weighted by Gasteiger charge is 2.04. The zero-order chi connectivity index (χ0) is 8.27. The second-order valence-electron chi connectivity index (χ2n) is 2.29. The van der Waals surface area contributed by atoms with Crippen LogP contribution in [0.4, 0.5) is 0 Å². The third kappa shape index (κ3) is 1.81. The average Bonchev–Trinajstić information content (AvgIpc) is 2.34. The van der Waals surface area contributed by atoms with Gasteiger partial charge in [0.05, 0.1) is 16.4 Å². The van der Waals surface area contributed by atoms with Gasteiger partial charge < -0.3 is 5.32 Å². The number of halogens is 1. The summed E-state index contributed by atoms with van der Waals surface area (Å²) in [5.41, 5.74) is 1.20. The maximum Gasteiger partial charge on any atom is 0.0663 e. The molecule has 0 aliphatic carbocycles. The molecule has 1 aromatic rings. The molecule has 1 N–H and O–H groups in total. The predicted octanol–water partition coefficient (Wildman–Crippen LogP) is 1.38. The van der Waals surface area contributed by atoms with E-state index in [2.05, 4.69) is 33.3 Å². The Morgan fingerprint density at radius 3 is 3.00 bits per heavy atom. The molecule has 0 unspecified atom stereocenters. The van der Waals surface area contributed by atoms with Crippen molar-refractivity contribution in [1.29, 1.82) is 0 Å². The molecule has 0 aromatic carbocycles. The van der Waals surface area contributed by atoms with Crippen molar-refractivity contribution in [3.63, 3.8) is 0 Å². The number of aromatic nitrogens is 2. The molecule has 0 aliphatic heterocycles.